The molecule has 0 spiro atoms. The SMILES string of the molecule is COC(=O)c1ccnc2ccc(N3CC(F)(C(F)(F)F)C3)cc12. The average molecular weight is 328 g/mol. The summed E-state index contributed by atoms with van der Waals surface area (Å²) in [5.41, 5.74) is -2.04. The lowest BCUT2D eigenvalue weighted by atomic mass is 9.94. The Morgan fingerprint density at radius 1 is 1.30 bits per heavy atom. The summed E-state index contributed by atoms with van der Waals surface area (Å²) in [6.07, 6.45) is -3.45. The van der Waals surface area contributed by atoms with Gasteiger partial charge in [0.15, 0.2) is 0 Å². The minimum absolute atomic E-state index is 0.252. The van der Waals surface area contributed by atoms with Gasteiger partial charge in [0.1, 0.15) is 0 Å². The second-order valence-electron chi connectivity index (χ2n) is 5.37. The maximum atomic E-state index is 13.7. The van der Waals surface area contributed by atoms with Crippen LogP contribution in [0, 0.1) is 0 Å². The monoisotopic (exact) mass is 328 g/mol. The molecule has 0 aliphatic carbocycles. The second-order valence-corrected chi connectivity index (χ2v) is 5.37. The van der Waals surface area contributed by atoms with Gasteiger partial charge in [-0.3, -0.25) is 4.98 Å². The molecule has 4 nitrogen and oxygen atoms in total. The van der Waals surface area contributed by atoms with Crippen LogP contribution in [0.2, 0.25) is 0 Å². The van der Waals surface area contributed by atoms with Gasteiger partial charge in [0.05, 0.1) is 31.3 Å². The first-order chi connectivity index (χ1) is 10.7. The Morgan fingerprint density at radius 3 is 2.61 bits per heavy atom. The van der Waals surface area contributed by atoms with Crippen LogP contribution in [0.5, 0.6) is 0 Å². The summed E-state index contributed by atoms with van der Waals surface area (Å²) in [5, 5.41) is 0.445. The topological polar surface area (TPSA) is 42.4 Å². The van der Waals surface area contributed by atoms with E-state index < -0.39 is 30.9 Å². The molecule has 0 saturated carbocycles. The number of ether oxygens (including phenoxy) is 1. The lowest BCUT2D eigenvalue weighted by Crippen LogP contribution is -2.66. The molecule has 23 heavy (non-hydrogen) atoms. The van der Waals surface area contributed by atoms with Gasteiger partial charge in [-0.05, 0) is 24.3 Å². The van der Waals surface area contributed by atoms with Gasteiger partial charge in [-0.1, -0.05) is 0 Å². The van der Waals surface area contributed by atoms with E-state index in [1.54, 1.807) is 12.1 Å². The lowest BCUT2D eigenvalue weighted by Gasteiger charge is -2.46. The van der Waals surface area contributed by atoms with Crippen molar-refractivity contribution in [2.24, 2.45) is 0 Å². The Labute approximate surface area is 128 Å². The summed E-state index contributed by atoms with van der Waals surface area (Å²) in [4.78, 5) is 17.1. The van der Waals surface area contributed by atoms with E-state index in [9.17, 15) is 22.4 Å². The van der Waals surface area contributed by atoms with E-state index in [4.69, 9.17) is 0 Å². The van der Waals surface area contributed by atoms with Gasteiger partial charge in [0, 0.05) is 17.3 Å². The molecule has 0 bridgehead atoms. The molecule has 1 aromatic heterocycles. The van der Waals surface area contributed by atoms with Crippen LogP contribution >= 0.6 is 0 Å². The van der Waals surface area contributed by atoms with Crippen molar-refractivity contribution in [1.82, 2.24) is 4.98 Å². The number of hydrogen-bond donors (Lipinski definition) is 0. The number of aromatic nitrogens is 1. The fraction of sp³-hybridized carbons (Fsp3) is 0.333. The average Bonchev–Trinajstić information content (AvgIpc) is 2.48. The number of alkyl halides is 4. The van der Waals surface area contributed by atoms with Gasteiger partial charge in [-0.2, -0.15) is 13.2 Å². The molecule has 0 radical (unpaired) electrons. The van der Waals surface area contributed by atoms with E-state index in [-0.39, 0.29) is 5.56 Å². The quantitative estimate of drug-likeness (QED) is 0.627. The lowest BCUT2D eigenvalue weighted by molar-refractivity contribution is -0.237. The number of halogens is 4. The van der Waals surface area contributed by atoms with Gasteiger partial charge < -0.3 is 9.64 Å². The number of carbonyl (C=O) groups is 1. The van der Waals surface area contributed by atoms with Crippen molar-refractivity contribution in [2.45, 2.75) is 11.8 Å². The number of methoxy groups -OCH3 is 1. The molecule has 3 rings (SSSR count). The zero-order valence-electron chi connectivity index (χ0n) is 12.0. The highest BCUT2D eigenvalue weighted by atomic mass is 19.4. The minimum Gasteiger partial charge on any atom is -0.465 e. The molecule has 1 fully saturated rings. The highest BCUT2D eigenvalue weighted by Crippen LogP contribution is 2.43. The Morgan fingerprint density at radius 2 is 2.00 bits per heavy atom. The predicted octanol–water partition coefficient (Wildman–Crippen LogP) is 3.11. The Hall–Kier alpha value is -2.38. The molecule has 0 unspecified atom stereocenters. The van der Waals surface area contributed by atoms with Crippen molar-refractivity contribution in [3.8, 4) is 0 Å². The highest BCUT2D eigenvalue weighted by Gasteiger charge is 2.63. The maximum Gasteiger partial charge on any atom is 0.426 e. The smallest absolute Gasteiger partial charge is 0.426 e. The number of anilines is 1. The third-order valence-corrected chi connectivity index (χ3v) is 3.89. The minimum atomic E-state index is -4.89. The number of hydrogen-bond acceptors (Lipinski definition) is 4. The van der Waals surface area contributed by atoms with Crippen molar-refractivity contribution in [3.05, 3.63) is 36.0 Å². The zero-order chi connectivity index (χ0) is 16.8. The number of rotatable bonds is 2. The van der Waals surface area contributed by atoms with Crippen LogP contribution in [-0.2, 0) is 4.74 Å². The van der Waals surface area contributed by atoms with Gasteiger partial charge >= 0.3 is 12.1 Å². The molecule has 122 valence electrons. The van der Waals surface area contributed by atoms with E-state index in [1.807, 2.05) is 0 Å². The van der Waals surface area contributed by atoms with Gasteiger partial charge in [0.2, 0.25) is 5.67 Å². The third kappa shape index (κ3) is 2.47. The summed E-state index contributed by atoms with van der Waals surface area (Å²) in [6.45, 7) is -1.54. The van der Waals surface area contributed by atoms with Crippen molar-refractivity contribution in [3.63, 3.8) is 0 Å². The summed E-state index contributed by atoms with van der Waals surface area (Å²) < 4.78 is 56.1. The predicted molar refractivity (Wildman–Crippen MR) is 75.2 cm³/mol. The van der Waals surface area contributed by atoms with Crippen LogP contribution in [0.15, 0.2) is 30.5 Å². The molecule has 8 heteroatoms. The van der Waals surface area contributed by atoms with E-state index >= 15 is 0 Å². The Bertz CT molecular complexity index is 770. The maximum absolute atomic E-state index is 13.7. The first-order valence-electron chi connectivity index (χ1n) is 6.73. The van der Waals surface area contributed by atoms with Crippen LogP contribution in [0.1, 0.15) is 10.4 Å². The van der Waals surface area contributed by atoms with Crippen molar-refractivity contribution < 1.29 is 27.1 Å². The van der Waals surface area contributed by atoms with Crippen LogP contribution in [0.25, 0.3) is 10.9 Å². The van der Waals surface area contributed by atoms with Gasteiger partial charge in [-0.15, -0.1) is 0 Å². The summed E-state index contributed by atoms with van der Waals surface area (Å²) >= 11 is 0. The third-order valence-electron chi connectivity index (χ3n) is 3.89. The number of pyridine rings is 1. The molecule has 1 aromatic carbocycles. The first kappa shape index (κ1) is 15.5. The fourth-order valence-electron chi connectivity index (χ4n) is 2.54. The molecular weight excluding hydrogens is 316 g/mol. The van der Waals surface area contributed by atoms with Crippen molar-refractivity contribution in [2.75, 3.05) is 25.1 Å². The first-order valence-corrected chi connectivity index (χ1v) is 6.73. The molecule has 0 N–H and O–H groups in total. The molecule has 1 aliphatic heterocycles. The molecule has 0 atom stereocenters. The Kier molecular flexibility index (Phi) is 3.42. The number of esters is 1. The number of nitrogens with zero attached hydrogens (tertiary/aromatic N) is 2. The standard InChI is InChI=1S/C15H12F4N2O2/c1-23-13(22)10-4-5-20-12-3-2-9(6-11(10)12)21-7-14(16,8-21)15(17,18)19/h2-6H,7-8H2,1H3. The number of fused-ring (bicyclic) bond motifs is 1. The van der Waals surface area contributed by atoms with E-state index in [1.165, 1.54) is 30.3 Å². The number of benzene rings is 1. The summed E-state index contributed by atoms with van der Waals surface area (Å²) in [5.74, 6) is -0.576. The van der Waals surface area contributed by atoms with Gasteiger partial charge in [-0.25, -0.2) is 9.18 Å². The molecular formula is C15H12F4N2O2. The number of carbonyl (C=O) groups excluding carboxylic acids is 1. The van der Waals surface area contributed by atoms with Crippen LogP contribution < -0.4 is 4.90 Å². The zero-order valence-corrected chi connectivity index (χ0v) is 12.0. The summed E-state index contributed by atoms with van der Waals surface area (Å²) in [6, 6.07) is 6.10. The molecule has 1 saturated heterocycles. The van der Waals surface area contributed by atoms with E-state index in [0.29, 0.717) is 16.6 Å². The summed E-state index contributed by atoms with van der Waals surface area (Å²) in [7, 11) is 1.23. The molecule has 0 amide bonds. The second kappa shape index (κ2) is 5.07. The molecule has 1 aliphatic rings. The van der Waals surface area contributed by atoms with Crippen LogP contribution in [-0.4, -0.2) is 43.0 Å². The fourth-order valence-corrected chi connectivity index (χ4v) is 2.54. The largest absolute Gasteiger partial charge is 0.465 e. The molecule has 2 aromatic rings. The Balaban J connectivity index is 1.94. The molecule has 2 heterocycles. The van der Waals surface area contributed by atoms with Crippen molar-refractivity contribution >= 4 is 22.6 Å². The van der Waals surface area contributed by atoms with Crippen LogP contribution in [0.4, 0.5) is 23.2 Å². The van der Waals surface area contributed by atoms with E-state index in [0.717, 1.165) is 0 Å². The van der Waals surface area contributed by atoms with Crippen molar-refractivity contribution in [1.29, 1.82) is 0 Å². The normalized spacial score (nSPS) is 17.0. The highest BCUT2D eigenvalue weighted by molar-refractivity contribution is 6.04. The van der Waals surface area contributed by atoms with Gasteiger partial charge in [0.25, 0.3) is 0 Å². The van der Waals surface area contributed by atoms with Crippen LogP contribution in [0.3, 0.4) is 0 Å². The van der Waals surface area contributed by atoms with E-state index in [2.05, 4.69) is 9.72 Å².